The molecule has 1 unspecified atom stereocenters. The van der Waals surface area contributed by atoms with E-state index in [4.69, 9.17) is 21.3 Å². The number of benzene rings is 2. The number of likely N-dealkylation sites (tertiary alicyclic amines) is 1. The van der Waals surface area contributed by atoms with Gasteiger partial charge >= 0.3 is 0 Å². The summed E-state index contributed by atoms with van der Waals surface area (Å²) in [5.74, 6) is 0.204. The topological polar surface area (TPSA) is 210 Å². The molecule has 2 aliphatic rings. The second-order valence-corrected chi connectivity index (χ2v) is 21.8. The van der Waals surface area contributed by atoms with Crippen LogP contribution in [0.25, 0.3) is 21.1 Å². The number of carbonyl (C=O) groups is 4. The van der Waals surface area contributed by atoms with E-state index in [1.807, 2.05) is 93.2 Å². The summed E-state index contributed by atoms with van der Waals surface area (Å²) >= 11 is 9.48. The Kier molecular flexibility index (Phi) is 14.4. The predicted molar refractivity (Wildman–Crippen MR) is 277 cm³/mol. The Bertz CT molecular complexity index is 3210. The third-order valence-electron chi connectivity index (χ3n) is 13.0. The molecule has 374 valence electrons. The number of fused-ring (bicyclic) bond motifs is 4. The summed E-state index contributed by atoms with van der Waals surface area (Å²) in [7, 11) is 0. The van der Waals surface area contributed by atoms with E-state index >= 15 is 0 Å². The molecule has 0 spiro atoms. The lowest BCUT2D eigenvalue weighted by Crippen LogP contribution is -2.57. The summed E-state index contributed by atoms with van der Waals surface area (Å²) in [4.78, 5) is 72.9. The first-order valence-electron chi connectivity index (χ1n) is 23.7. The van der Waals surface area contributed by atoms with Gasteiger partial charge in [-0.05, 0) is 74.4 Å². The van der Waals surface area contributed by atoms with Crippen LogP contribution in [-0.4, -0.2) is 106 Å². The minimum absolute atomic E-state index is 0.0467. The second-order valence-electron chi connectivity index (χ2n) is 19.3. The number of aliphatic imine (C=N–C) groups is 1. The van der Waals surface area contributed by atoms with Crippen molar-refractivity contribution >= 4 is 69.3 Å². The van der Waals surface area contributed by atoms with E-state index < -0.39 is 41.5 Å². The lowest BCUT2D eigenvalue weighted by atomic mass is 9.85. The first-order chi connectivity index (χ1) is 34.4. The molecule has 0 radical (unpaired) electrons. The van der Waals surface area contributed by atoms with Crippen molar-refractivity contribution in [3.8, 4) is 21.2 Å². The van der Waals surface area contributed by atoms with Crippen molar-refractivity contribution in [3.63, 3.8) is 0 Å². The van der Waals surface area contributed by atoms with Crippen molar-refractivity contribution in [2.75, 3.05) is 19.7 Å². The number of amides is 4. The predicted octanol–water partition coefficient (Wildman–Crippen LogP) is 7.28. The Balaban J connectivity index is 0.788. The molecule has 72 heavy (non-hydrogen) atoms. The quantitative estimate of drug-likeness (QED) is 0.0755. The molecule has 0 saturated carbocycles. The van der Waals surface area contributed by atoms with Gasteiger partial charge in [0.2, 0.25) is 17.7 Å². The highest BCUT2D eigenvalue weighted by Gasteiger charge is 2.45. The van der Waals surface area contributed by atoms with Gasteiger partial charge < -0.3 is 35.1 Å². The van der Waals surface area contributed by atoms with Crippen molar-refractivity contribution in [2.24, 2.45) is 10.4 Å². The maximum atomic E-state index is 14.3. The average Bonchev–Trinajstić information content (AvgIpc) is 4.19. The van der Waals surface area contributed by atoms with Crippen LogP contribution < -0.4 is 20.7 Å². The summed E-state index contributed by atoms with van der Waals surface area (Å²) in [5, 5.41) is 30.0. The molecule has 7 heterocycles. The highest BCUT2D eigenvalue weighted by atomic mass is 35.5. The summed E-state index contributed by atoms with van der Waals surface area (Å²) in [6.07, 6.45) is 3.03. The minimum atomic E-state index is -1.04. The Morgan fingerprint density at radius 1 is 0.972 bits per heavy atom. The number of aliphatic hydroxyl groups excluding tert-OH is 1. The third-order valence-corrected chi connectivity index (χ3v) is 15.4. The van der Waals surface area contributed by atoms with Crippen molar-refractivity contribution in [1.29, 1.82) is 0 Å². The van der Waals surface area contributed by atoms with Gasteiger partial charge in [0.1, 0.15) is 46.0 Å². The van der Waals surface area contributed by atoms with Gasteiger partial charge in [-0.3, -0.25) is 28.7 Å². The number of aliphatic hydroxyl groups is 1. The first kappa shape index (κ1) is 50.2. The molecule has 1 fully saturated rings. The number of aromatic nitrogens is 6. The smallest absolute Gasteiger partial charge is 0.272 e. The van der Waals surface area contributed by atoms with Gasteiger partial charge in [0, 0.05) is 65.5 Å². The molecule has 17 nitrogen and oxygen atoms in total. The summed E-state index contributed by atoms with van der Waals surface area (Å²) in [6.45, 7) is 14.4. The number of imidazole rings is 1. The molecule has 7 aromatic rings. The molecule has 4 amide bonds. The SMILES string of the molecule is Cc1ncsc1-c1ccc(CNC(=O)[C@@H]2C[C@@H](O)CN2C(=O)C(NC(=O)c2cn3ccc(OCCCNC(=O)C[C@@H]4N=C(c5ccc(Cl)cc5)c5c(sc(C)c5C)-n5c(C)nnc54)cc3n2)C(C)(C)C)cc1. The van der Waals surface area contributed by atoms with Crippen LogP contribution in [0, 0.1) is 33.1 Å². The molecule has 20 heteroatoms. The number of thiophene rings is 1. The lowest BCUT2D eigenvalue weighted by Gasteiger charge is -2.35. The van der Waals surface area contributed by atoms with Crippen LogP contribution in [0.2, 0.25) is 5.02 Å². The molecule has 0 aliphatic carbocycles. The van der Waals surface area contributed by atoms with Gasteiger partial charge in [-0.2, -0.15) is 0 Å². The number of carbonyl (C=O) groups excluding carboxylic acids is 4. The van der Waals surface area contributed by atoms with Gasteiger partial charge in [0.15, 0.2) is 5.82 Å². The highest BCUT2D eigenvalue weighted by Crippen LogP contribution is 2.40. The Morgan fingerprint density at radius 2 is 1.72 bits per heavy atom. The van der Waals surface area contributed by atoms with E-state index in [9.17, 15) is 24.3 Å². The fraction of sp³-hybridized carbons (Fsp3) is 0.365. The number of thiazole rings is 1. The number of hydrogen-bond donors (Lipinski definition) is 4. The van der Waals surface area contributed by atoms with Gasteiger partial charge in [-0.15, -0.1) is 32.9 Å². The van der Waals surface area contributed by atoms with E-state index in [1.165, 1.54) is 4.90 Å². The van der Waals surface area contributed by atoms with Crippen LogP contribution >= 0.6 is 34.3 Å². The van der Waals surface area contributed by atoms with Crippen LogP contribution in [0.15, 0.2) is 83.6 Å². The maximum Gasteiger partial charge on any atom is 0.272 e. The molecule has 5 aromatic heterocycles. The van der Waals surface area contributed by atoms with E-state index in [1.54, 1.807) is 51.6 Å². The standard InChI is InChI=1S/C52H56ClN11O6S2/c1-28-30(3)72-51-43(28)44(33-13-15-35(53)16-14-33)58-38(47-61-60-31(4)64(47)51)23-42(66)54-18-8-20-70-37-17-19-62-26-39(57-41(62)22-37)48(67)59-46(52(5,6)7)50(69)63-25-36(65)21-40(63)49(68)55-24-32-9-11-34(12-10-32)45-29(2)56-27-71-45/h9-17,19,22,26-27,36,38,40,46,65H,8,18,20-21,23-25H2,1-7H3,(H,54,66)(H,55,68)(H,59,67)/t36-,38+,40+,46?/m1/s1. The molecule has 0 bridgehead atoms. The van der Waals surface area contributed by atoms with Crippen LogP contribution in [0.4, 0.5) is 0 Å². The molecule has 2 aromatic carbocycles. The van der Waals surface area contributed by atoms with Crippen molar-refractivity contribution in [1.82, 2.24) is 50.0 Å². The number of pyridine rings is 1. The molecule has 4 atom stereocenters. The van der Waals surface area contributed by atoms with Crippen LogP contribution in [0.5, 0.6) is 5.75 Å². The molecular formula is C52H56ClN11O6S2. The number of aryl methyl sites for hydroxylation is 3. The second kappa shape index (κ2) is 20.7. The monoisotopic (exact) mass is 1030 g/mol. The zero-order valence-electron chi connectivity index (χ0n) is 41.0. The minimum Gasteiger partial charge on any atom is -0.493 e. The number of nitrogens with one attached hydrogen (secondary N) is 3. The number of nitrogens with zero attached hydrogens (tertiary/aromatic N) is 8. The van der Waals surface area contributed by atoms with Gasteiger partial charge in [0.25, 0.3) is 5.91 Å². The highest BCUT2D eigenvalue weighted by molar-refractivity contribution is 7.15. The summed E-state index contributed by atoms with van der Waals surface area (Å²) < 4.78 is 9.74. The molecule has 1 saturated heterocycles. The third kappa shape index (κ3) is 10.6. The lowest BCUT2D eigenvalue weighted by molar-refractivity contribution is -0.142. The van der Waals surface area contributed by atoms with Crippen LogP contribution in [0.1, 0.15) is 101 Å². The molecular weight excluding hydrogens is 974 g/mol. The van der Waals surface area contributed by atoms with Crippen LogP contribution in [0.3, 0.4) is 0 Å². The number of hydrogen-bond acceptors (Lipinski definition) is 13. The number of halogens is 1. The van der Waals surface area contributed by atoms with Gasteiger partial charge in [-0.25, -0.2) is 9.97 Å². The average molecular weight is 1030 g/mol. The van der Waals surface area contributed by atoms with E-state index in [-0.39, 0.29) is 43.4 Å². The largest absolute Gasteiger partial charge is 0.493 e. The maximum absolute atomic E-state index is 14.3. The normalized spacial score (nSPS) is 16.9. The van der Waals surface area contributed by atoms with Gasteiger partial charge in [0.05, 0.1) is 40.9 Å². The fourth-order valence-corrected chi connectivity index (χ4v) is 11.2. The first-order valence-corrected chi connectivity index (χ1v) is 25.8. The van der Waals surface area contributed by atoms with E-state index in [0.29, 0.717) is 47.6 Å². The fourth-order valence-electron chi connectivity index (χ4n) is 9.02. The number of ether oxygens (including phenoxy) is 1. The Labute approximate surface area is 429 Å². The summed E-state index contributed by atoms with van der Waals surface area (Å²) in [5.41, 5.74) is 8.22. The van der Waals surface area contributed by atoms with Crippen molar-refractivity contribution in [3.05, 3.63) is 134 Å². The summed E-state index contributed by atoms with van der Waals surface area (Å²) in [6, 6.07) is 16.3. The Morgan fingerprint density at radius 3 is 2.44 bits per heavy atom. The van der Waals surface area contributed by atoms with E-state index in [2.05, 4.69) is 50.0 Å². The van der Waals surface area contributed by atoms with Crippen molar-refractivity contribution in [2.45, 2.75) is 98.5 Å². The molecule has 2 aliphatic heterocycles. The van der Waals surface area contributed by atoms with Gasteiger partial charge in [-0.1, -0.05) is 68.8 Å². The zero-order valence-corrected chi connectivity index (χ0v) is 43.4. The van der Waals surface area contributed by atoms with E-state index in [0.717, 1.165) is 54.0 Å². The number of rotatable bonds is 15. The Hall–Kier alpha value is -6.80. The molecule has 4 N–H and O–H groups in total. The molecule has 9 rings (SSSR count). The number of β-amino-alcohol motifs (C(OH)–C–C–N with tert-alkyl or cyclic N) is 1. The van der Waals surface area contributed by atoms with Crippen molar-refractivity contribution < 1.29 is 29.0 Å². The van der Waals surface area contributed by atoms with Crippen LogP contribution in [-0.2, 0) is 20.9 Å². The zero-order chi connectivity index (χ0) is 51.0.